The minimum atomic E-state index is 0.532. The number of rotatable bonds is 2. The predicted molar refractivity (Wildman–Crippen MR) is 54.7 cm³/mol. The second-order valence-corrected chi connectivity index (χ2v) is 3.05. The SMILES string of the molecule is Clc1ccccc1C=Cc1ncon1. The summed E-state index contributed by atoms with van der Waals surface area (Å²) in [7, 11) is 0. The van der Waals surface area contributed by atoms with E-state index in [1.165, 1.54) is 6.39 Å². The average molecular weight is 207 g/mol. The van der Waals surface area contributed by atoms with Gasteiger partial charge in [0.25, 0.3) is 0 Å². The highest BCUT2D eigenvalue weighted by Crippen LogP contribution is 2.16. The van der Waals surface area contributed by atoms with Crippen LogP contribution in [0.25, 0.3) is 12.2 Å². The monoisotopic (exact) mass is 206 g/mol. The molecule has 4 heteroatoms. The largest absolute Gasteiger partial charge is 0.342 e. The first-order valence-electron chi connectivity index (χ1n) is 4.05. The molecular formula is C10H7ClN2O. The molecule has 0 saturated carbocycles. The van der Waals surface area contributed by atoms with Crippen molar-refractivity contribution in [1.29, 1.82) is 0 Å². The molecule has 1 heterocycles. The lowest BCUT2D eigenvalue weighted by atomic mass is 10.2. The molecule has 0 aliphatic carbocycles. The molecule has 2 rings (SSSR count). The molecule has 2 aromatic rings. The first-order chi connectivity index (χ1) is 6.86. The van der Waals surface area contributed by atoms with E-state index in [9.17, 15) is 0 Å². The van der Waals surface area contributed by atoms with Crippen molar-refractivity contribution in [2.45, 2.75) is 0 Å². The molecule has 0 unspecified atom stereocenters. The van der Waals surface area contributed by atoms with Gasteiger partial charge in [0.1, 0.15) is 0 Å². The second kappa shape index (κ2) is 4.07. The fraction of sp³-hybridized carbons (Fsp3) is 0. The van der Waals surface area contributed by atoms with Gasteiger partial charge in [-0.2, -0.15) is 4.98 Å². The molecule has 1 aromatic carbocycles. The summed E-state index contributed by atoms with van der Waals surface area (Å²) in [6.45, 7) is 0. The van der Waals surface area contributed by atoms with Crippen molar-refractivity contribution in [1.82, 2.24) is 10.1 Å². The molecule has 3 nitrogen and oxygen atoms in total. The molecule has 0 aliphatic rings. The fourth-order valence-electron chi connectivity index (χ4n) is 1.03. The van der Waals surface area contributed by atoms with Gasteiger partial charge in [-0.05, 0) is 23.8 Å². The van der Waals surface area contributed by atoms with Crippen LogP contribution in [0.5, 0.6) is 0 Å². The highest BCUT2D eigenvalue weighted by molar-refractivity contribution is 6.32. The summed E-state index contributed by atoms with van der Waals surface area (Å²) in [4.78, 5) is 3.85. The van der Waals surface area contributed by atoms with Gasteiger partial charge in [0.05, 0.1) is 0 Å². The number of aromatic nitrogens is 2. The van der Waals surface area contributed by atoms with Crippen LogP contribution >= 0.6 is 11.6 Å². The first-order valence-corrected chi connectivity index (χ1v) is 4.43. The summed E-state index contributed by atoms with van der Waals surface area (Å²) in [6, 6.07) is 7.55. The van der Waals surface area contributed by atoms with E-state index < -0.39 is 0 Å². The van der Waals surface area contributed by atoms with Crippen LogP contribution in [0, 0.1) is 0 Å². The lowest BCUT2D eigenvalue weighted by Crippen LogP contribution is -1.75. The zero-order chi connectivity index (χ0) is 9.80. The molecule has 14 heavy (non-hydrogen) atoms. The molecule has 0 aliphatic heterocycles. The Labute approximate surface area is 86.0 Å². The van der Waals surface area contributed by atoms with Crippen LogP contribution in [0.4, 0.5) is 0 Å². The van der Waals surface area contributed by atoms with Gasteiger partial charge in [-0.25, -0.2) is 0 Å². The van der Waals surface area contributed by atoms with Gasteiger partial charge in [0.2, 0.25) is 6.39 Å². The molecule has 70 valence electrons. The third kappa shape index (κ3) is 2.00. The lowest BCUT2D eigenvalue weighted by Gasteiger charge is -1.94. The van der Waals surface area contributed by atoms with Crippen molar-refractivity contribution < 1.29 is 4.52 Å². The number of halogens is 1. The van der Waals surface area contributed by atoms with Crippen LogP contribution in [-0.4, -0.2) is 10.1 Å². The number of nitrogens with zero attached hydrogens (tertiary/aromatic N) is 2. The predicted octanol–water partition coefficient (Wildman–Crippen LogP) is 2.89. The average Bonchev–Trinajstić information content (AvgIpc) is 2.69. The van der Waals surface area contributed by atoms with E-state index in [0.29, 0.717) is 10.8 Å². The molecule has 0 bridgehead atoms. The molecule has 0 spiro atoms. The molecule has 0 saturated heterocycles. The molecule has 0 atom stereocenters. The van der Waals surface area contributed by atoms with E-state index >= 15 is 0 Å². The van der Waals surface area contributed by atoms with Gasteiger partial charge in [0.15, 0.2) is 5.82 Å². The van der Waals surface area contributed by atoms with Crippen molar-refractivity contribution in [3.8, 4) is 0 Å². The Bertz CT molecular complexity index is 437. The normalized spacial score (nSPS) is 10.9. The van der Waals surface area contributed by atoms with Crippen LogP contribution in [-0.2, 0) is 0 Å². The van der Waals surface area contributed by atoms with Crippen LogP contribution in [0.3, 0.4) is 0 Å². The smallest absolute Gasteiger partial charge is 0.214 e. The van der Waals surface area contributed by atoms with Crippen LogP contribution in [0.2, 0.25) is 5.02 Å². The maximum absolute atomic E-state index is 5.95. The molecule has 0 fully saturated rings. The van der Waals surface area contributed by atoms with Crippen LogP contribution < -0.4 is 0 Å². The minimum absolute atomic E-state index is 0.532. The molecule has 0 N–H and O–H groups in total. The van der Waals surface area contributed by atoms with Crippen molar-refractivity contribution in [3.05, 3.63) is 47.1 Å². The van der Waals surface area contributed by atoms with Gasteiger partial charge in [-0.15, -0.1) is 0 Å². The quantitative estimate of drug-likeness (QED) is 0.759. The summed E-state index contributed by atoms with van der Waals surface area (Å²) < 4.78 is 4.59. The Balaban J connectivity index is 2.23. The Hall–Kier alpha value is -1.61. The zero-order valence-corrected chi connectivity index (χ0v) is 7.98. The van der Waals surface area contributed by atoms with Crippen molar-refractivity contribution in [2.75, 3.05) is 0 Å². The molecular weight excluding hydrogens is 200 g/mol. The Kier molecular flexibility index (Phi) is 2.60. The van der Waals surface area contributed by atoms with E-state index in [4.69, 9.17) is 11.6 Å². The maximum Gasteiger partial charge on any atom is 0.214 e. The highest BCUT2D eigenvalue weighted by Gasteiger charge is 1.94. The molecule has 1 aromatic heterocycles. The van der Waals surface area contributed by atoms with E-state index in [1.807, 2.05) is 30.3 Å². The van der Waals surface area contributed by atoms with E-state index in [-0.39, 0.29) is 0 Å². The molecule has 0 radical (unpaired) electrons. The number of benzene rings is 1. The highest BCUT2D eigenvalue weighted by atomic mass is 35.5. The van der Waals surface area contributed by atoms with Gasteiger partial charge in [-0.3, -0.25) is 0 Å². The summed E-state index contributed by atoms with van der Waals surface area (Å²) in [5, 5.41) is 4.35. The maximum atomic E-state index is 5.95. The van der Waals surface area contributed by atoms with E-state index in [2.05, 4.69) is 14.7 Å². The fourth-order valence-corrected chi connectivity index (χ4v) is 1.23. The van der Waals surface area contributed by atoms with Crippen LogP contribution in [0.1, 0.15) is 11.4 Å². The Morgan fingerprint density at radius 1 is 1.21 bits per heavy atom. The third-order valence-electron chi connectivity index (χ3n) is 1.70. The van der Waals surface area contributed by atoms with Gasteiger partial charge < -0.3 is 4.52 Å². The topological polar surface area (TPSA) is 38.9 Å². The van der Waals surface area contributed by atoms with Crippen molar-refractivity contribution in [2.24, 2.45) is 0 Å². The Morgan fingerprint density at radius 3 is 2.79 bits per heavy atom. The standard InChI is InChI=1S/C10H7ClN2O/c11-9-4-2-1-3-8(9)5-6-10-12-7-14-13-10/h1-7H. The summed E-state index contributed by atoms with van der Waals surface area (Å²) >= 11 is 5.95. The van der Waals surface area contributed by atoms with Gasteiger partial charge >= 0.3 is 0 Å². The van der Waals surface area contributed by atoms with Crippen molar-refractivity contribution >= 4 is 23.8 Å². The van der Waals surface area contributed by atoms with Crippen molar-refractivity contribution in [3.63, 3.8) is 0 Å². The summed E-state index contributed by atoms with van der Waals surface area (Å²) in [5.41, 5.74) is 0.930. The molecule has 0 amide bonds. The number of hydrogen-bond donors (Lipinski definition) is 0. The minimum Gasteiger partial charge on any atom is -0.342 e. The van der Waals surface area contributed by atoms with Gasteiger partial charge in [0, 0.05) is 5.02 Å². The summed E-state index contributed by atoms with van der Waals surface area (Å²) in [5.74, 6) is 0.532. The van der Waals surface area contributed by atoms with Gasteiger partial charge in [-0.1, -0.05) is 35.0 Å². The van der Waals surface area contributed by atoms with E-state index in [0.717, 1.165) is 5.56 Å². The third-order valence-corrected chi connectivity index (χ3v) is 2.04. The van der Waals surface area contributed by atoms with Crippen LogP contribution in [0.15, 0.2) is 35.2 Å². The number of hydrogen-bond acceptors (Lipinski definition) is 3. The summed E-state index contributed by atoms with van der Waals surface area (Å²) in [6.07, 6.45) is 4.87. The van der Waals surface area contributed by atoms with E-state index in [1.54, 1.807) is 6.08 Å². The lowest BCUT2D eigenvalue weighted by molar-refractivity contribution is 0.415. The zero-order valence-electron chi connectivity index (χ0n) is 7.22. The Morgan fingerprint density at radius 2 is 2.07 bits per heavy atom. The second-order valence-electron chi connectivity index (χ2n) is 2.64. The first kappa shape index (κ1) is 8.97.